The van der Waals surface area contributed by atoms with Crippen LogP contribution in [0.5, 0.6) is 0 Å². The molecule has 2 aromatic carbocycles. The van der Waals surface area contributed by atoms with Crippen molar-refractivity contribution >= 4 is 27.5 Å². The number of nitrogens with zero attached hydrogens (tertiary/aromatic N) is 1. The lowest BCUT2D eigenvalue weighted by Crippen LogP contribution is -2.03. The van der Waals surface area contributed by atoms with Gasteiger partial charge in [0.05, 0.1) is 22.4 Å². The number of aromatic nitrogens is 1. The Kier molecular flexibility index (Phi) is 3.66. The molecule has 0 unspecified atom stereocenters. The van der Waals surface area contributed by atoms with E-state index >= 15 is 0 Å². The van der Waals surface area contributed by atoms with Gasteiger partial charge in [0.25, 0.3) is 0 Å². The number of rotatable bonds is 3. The van der Waals surface area contributed by atoms with Crippen LogP contribution in [0.4, 0.5) is 4.39 Å². The lowest BCUT2D eigenvalue weighted by atomic mass is 10.2. The molecule has 106 valence electrons. The summed E-state index contributed by atoms with van der Waals surface area (Å²) in [6.07, 6.45) is 0. The van der Waals surface area contributed by atoms with Gasteiger partial charge in [0.15, 0.2) is 0 Å². The maximum atomic E-state index is 13.0. The number of carbonyl (C=O) groups is 1. The number of thiazole rings is 1. The van der Waals surface area contributed by atoms with Gasteiger partial charge < -0.3 is 4.74 Å². The van der Waals surface area contributed by atoms with Gasteiger partial charge in [-0.15, -0.1) is 11.3 Å². The van der Waals surface area contributed by atoms with E-state index in [4.69, 9.17) is 4.74 Å². The molecule has 0 atom stereocenters. The Hall–Kier alpha value is -2.27. The van der Waals surface area contributed by atoms with E-state index in [2.05, 4.69) is 4.98 Å². The monoisotopic (exact) mass is 301 g/mol. The Balaban J connectivity index is 2.00. The molecule has 0 spiro atoms. The third-order valence-corrected chi connectivity index (χ3v) is 4.06. The average Bonchev–Trinajstić information content (AvgIpc) is 2.91. The summed E-state index contributed by atoms with van der Waals surface area (Å²) in [6.45, 7) is 2.12. The van der Waals surface area contributed by atoms with Crippen molar-refractivity contribution in [1.29, 1.82) is 0 Å². The highest BCUT2D eigenvalue weighted by Gasteiger charge is 2.11. The van der Waals surface area contributed by atoms with Crippen molar-refractivity contribution in [1.82, 2.24) is 4.98 Å². The molecule has 0 aliphatic heterocycles. The van der Waals surface area contributed by atoms with Crippen LogP contribution in [0.2, 0.25) is 0 Å². The lowest BCUT2D eigenvalue weighted by molar-refractivity contribution is 0.0526. The number of hydrogen-bond acceptors (Lipinski definition) is 4. The topological polar surface area (TPSA) is 39.2 Å². The molecule has 0 bridgehead atoms. The van der Waals surface area contributed by atoms with Crippen LogP contribution in [-0.2, 0) is 4.74 Å². The molecular formula is C16H12FNO2S. The van der Waals surface area contributed by atoms with Gasteiger partial charge in [-0.3, -0.25) is 0 Å². The summed E-state index contributed by atoms with van der Waals surface area (Å²) < 4.78 is 18.8. The van der Waals surface area contributed by atoms with Crippen molar-refractivity contribution in [3.8, 4) is 10.6 Å². The predicted octanol–water partition coefficient (Wildman–Crippen LogP) is 4.28. The predicted molar refractivity (Wildman–Crippen MR) is 81.0 cm³/mol. The summed E-state index contributed by atoms with van der Waals surface area (Å²) in [4.78, 5) is 16.2. The smallest absolute Gasteiger partial charge is 0.338 e. The van der Waals surface area contributed by atoms with Gasteiger partial charge >= 0.3 is 5.97 Å². The second-order valence-corrected chi connectivity index (χ2v) is 5.46. The molecule has 1 aromatic heterocycles. The van der Waals surface area contributed by atoms with E-state index in [1.54, 1.807) is 37.3 Å². The molecule has 1 heterocycles. The van der Waals surface area contributed by atoms with E-state index < -0.39 is 0 Å². The number of halogens is 1. The Bertz CT molecular complexity index is 796. The molecule has 5 heteroatoms. The van der Waals surface area contributed by atoms with Gasteiger partial charge in [-0.2, -0.15) is 0 Å². The highest BCUT2D eigenvalue weighted by Crippen LogP contribution is 2.30. The normalized spacial score (nSPS) is 10.8. The molecule has 3 rings (SSSR count). The fourth-order valence-electron chi connectivity index (χ4n) is 1.98. The number of hydrogen-bond donors (Lipinski definition) is 0. The Morgan fingerprint density at radius 3 is 2.71 bits per heavy atom. The summed E-state index contributed by atoms with van der Waals surface area (Å²) >= 11 is 1.46. The van der Waals surface area contributed by atoms with Crippen molar-refractivity contribution in [3.05, 3.63) is 53.8 Å². The molecule has 3 aromatic rings. The van der Waals surface area contributed by atoms with Crippen molar-refractivity contribution in [2.24, 2.45) is 0 Å². The van der Waals surface area contributed by atoms with Gasteiger partial charge in [0.1, 0.15) is 10.8 Å². The fraction of sp³-hybridized carbons (Fsp3) is 0.125. The van der Waals surface area contributed by atoms with Crippen LogP contribution < -0.4 is 0 Å². The summed E-state index contributed by atoms with van der Waals surface area (Å²) in [5.41, 5.74) is 2.18. The highest BCUT2D eigenvalue weighted by atomic mass is 32.1. The van der Waals surface area contributed by atoms with Crippen LogP contribution in [0.1, 0.15) is 17.3 Å². The largest absolute Gasteiger partial charge is 0.462 e. The fourth-order valence-corrected chi connectivity index (χ4v) is 2.99. The van der Waals surface area contributed by atoms with E-state index in [-0.39, 0.29) is 11.8 Å². The van der Waals surface area contributed by atoms with E-state index in [9.17, 15) is 9.18 Å². The van der Waals surface area contributed by atoms with Crippen molar-refractivity contribution in [2.75, 3.05) is 6.61 Å². The highest BCUT2D eigenvalue weighted by molar-refractivity contribution is 7.21. The van der Waals surface area contributed by atoms with Crippen LogP contribution in [-0.4, -0.2) is 17.6 Å². The first-order valence-electron chi connectivity index (χ1n) is 6.51. The molecule has 0 radical (unpaired) electrons. The van der Waals surface area contributed by atoms with Crippen molar-refractivity contribution in [3.63, 3.8) is 0 Å². The molecule has 0 aliphatic carbocycles. The standard InChI is InChI=1S/C16H12FNO2S/c1-2-20-16(19)11-5-8-13-14(9-11)21-15(18-13)10-3-6-12(17)7-4-10/h3-9H,2H2,1H3. The number of esters is 1. The Labute approximate surface area is 125 Å². The first-order valence-corrected chi connectivity index (χ1v) is 7.32. The van der Waals surface area contributed by atoms with Gasteiger partial charge in [0.2, 0.25) is 0 Å². The minimum Gasteiger partial charge on any atom is -0.462 e. The SMILES string of the molecule is CCOC(=O)c1ccc2nc(-c3ccc(F)cc3)sc2c1. The van der Waals surface area contributed by atoms with Crippen molar-refractivity contribution < 1.29 is 13.9 Å². The van der Waals surface area contributed by atoms with Gasteiger partial charge in [-0.1, -0.05) is 0 Å². The summed E-state index contributed by atoms with van der Waals surface area (Å²) in [6, 6.07) is 11.5. The second-order valence-electron chi connectivity index (χ2n) is 4.43. The first kappa shape index (κ1) is 13.7. The average molecular weight is 301 g/mol. The molecule has 0 aliphatic rings. The number of carbonyl (C=O) groups excluding carboxylic acids is 1. The molecule has 0 saturated carbocycles. The number of benzene rings is 2. The van der Waals surface area contributed by atoms with Gasteiger partial charge in [-0.25, -0.2) is 14.2 Å². The number of ether oxygens (including phenoxy) is 1. The zero-order chi connectivity index (χ0) is 14.8. The molecule has 0 saturated heterocycles. The van der Waals surface area contributed by atoms with Crippen LogP contribution in [0.3, 0.4) is 0 Å². The second kappa shape index (κ2) is 5.61. The Morgan fingerprint density at radius 2 is 2.00 bits per heavy atom. The molecular weight excluding hydrogens is 289 g/mol. The molecule has 0 N–H and O–H groups in total. The van der Waals surface area contributed by atoms with Crippen LogP contribution >= 0.6 is 11.3 Å². The summed E-state index contributed by atoms with van der Waals surface area (Å²) in [7, 11) is 0. The summed E-state index contributed by atoms with van der Waals surface area (Å²) in [5, 5.41) is 0.797. The van der Waals surface area contributed by atoms with E-state index in [1.165, 1.54) is 23.5 Å². The third-order valence-electron chi connectivity index (χ3n) is 2.99. The molecule has 3 nitrogen and oxygen atoms in total. The van der Waals surface area contributed by atoms with E-state index in [0.29, 0.717) is 12.2 Å². The lowest BCUT2D eigenvalue weighted by Gasteiger charge is -2.00. The van der Waals surface area contributed by atoms with Crippen LogP contribution in [0.25, 0.3) is 20.8 Å². The summed E-state index contributed by atoms with van der Waals surface area (Å²) in [5.74, 6) is -0.611. The molecule has 0 amide bonds. The van der Waals surface area contributed by atoms with Crippen LogP contribution in [0, 0.1) is 5.82 Å². The minimum atomic E-state index is -0.337. The quantitative estimate of drug-likeness (QED) is 0.678. The zero-order valence-corrected chi connectivity index (χ0v) is 12.1. The van der Waals surface area contributed by atoms with E-state index in [1.807, 2.05) is 0 Å². The minimum absolute atomic E-state index is 0.274. The van der Waals surface area contributed by atoms with E-state index in [0.717, 1.165) is 20.8 Å². The maximum absolute atomic E-state index is 13.0. The maximum Gasteiger partial charge on any atom is 0.338 e. The van der Waals surface area contributed by atoms with Crippen LogP contribution in [0.15, 0.2) is 42.5 Å². The van der Waals surface area contributed by atoms with Gasteiger partial charge in [-0.05, 0) is 49.4 Å². The Morgan fingerprint density at radius 1 is 1.24 bits per heavy atom. The van der Waals surface area contributed by atoms with Crippen molar-refractivity contribution in [2.45, 2.75) is 6.92 Å². The molecule has 21 heavy (non-hydrogen) atoms. The number of fused-ring (bicyclic) bond motifs is 1. The zero-order valence-electron chi connectivity index (χ0n) is 11.3. The van der Waals surface area contributed by atoms with Gasteiger partial charge in [0, 0.05) is 5.56 Å². The third kappa shape index (κ3) is 2.78. The first-order chi connectivity index (χ1) is 10.2. The molecule has 0 fully saturated rings.